The van der Waals surface area contributed by atoms with Crippen molar-refractivity contribution in [1.82, 2.24) is 5.32 Å². The molecule has 0 fully saturated rings. The molecule has 7 N–H and O–H groups in total. The number of fused-ring (bicyclic) bond motifs is 1. The summed E-state index contributed by atoms with van der Waals surface area (Å²) in [5.41, 5.74) is 13.1. The first-order valence-electron chi connectivity index (χ1n) is 12.6. The second kappa shape index (κ2) is 15.7. The highest BCUT2D eigenvalue weighted by Crippen LogP contribution is 2.20. The smallest absolute Gasteiger partial charge is 0.336 e. The molecule has 38 heavy (non-hydrogen) atoms. The van der Waals surface area contributed by atoms with Crippen LogP contribution < -0.4 is 27.7 Å². The Balaban J connectivity index is 0.000000268. The van der Waals surface area contributed by atoms with E-state index in [2.05, 4.69) is 22.5 Å². The Labute approximate surface area is 222 Å². The highest BCUT2D eigenvalue weighted by atomic mass is 16.4. The maximum Gasteiger partial charge on any atom is 0.336 e. The van der Waals surface area contributed by atoms with Crippen LogP contribution in [0, 0.1) is 6.92 Å². The SMILES string of the molecule is CCCCCNc1ccc2c(C)cc(=O)oc2c1.NC(N)=NCCCC(NC(=O)c1ccccc1)C(=O)O. The average Bonchev–Trinajstić information content (AvgIpc) is 2.88. The molecule has 0 aliphatic rings. The molecular formula is C28H37N5O5. The third kappa shape index (κ3) is 10.3. The van der Waals surface area contributed by atoms with E-state index in [1.807, 2.05) is 25.1 Å². The molecule has 1 atom stereocenters. The van der Waals surface area contributed by atoms with Gasteiger partial charge in [-0.1, -0.05) is 38.0 Å². The lowest BCUT2D eigenvalue weighted by Gasteiger charge is -2.14. The molecule has 3 rings (SSSR count). The lowest BCUT2D eigenvalue weighted by Crippen LogP contribution is -2.40. The number of carbonyl (C=O) groups is 2. The molecule has 0 spiro atoms. The van der Waals surface area contributed by atoms with Crippen LogP contribution in [0.4, 0.5) is 5.69 Å². The molecule has 1 unspecified atom stereocenters. The Morgan fingerprint density at radius 2 is 1.79 bits per heavy atom. The first kappa shape index (κ1) is 29.9. The van der Waals surface area contributed by atoms with Crippen molar-refractivity contribution in [2.45, 2.75) is 52.0 Å². The van der Waals surface area contributed by atoms with Crippen LogP contribution in [0.15, 0.2) is 68.8 Å². The maximum absolute atomic E-state index is 11.9. The van der Waals surface area contributed by atoms with Gasteiger partial charge in [0.1, 0.15) is 11.6 Å². The number of unbranched alkanes of at least 4 members (excludes halogenated alkanes) is 2. The van der Waals surface area contributed by atoms with Gasteiger partial charge in [-0.15, -0.1) is 0 Å². The molecule has 204 valence electrons. The maximum atomic E-state index is 11.9. The van der Waals surface area contributed by atoms with Gasteiger partial charge in [-0.25, -0.2) is 9.59 Å². The molecule has 0 bridgehead atoms. The normalized spacial score (nSPS) is 11.1. The third-order valence-electron chi connectivity index (χ3n) is 5.65. The van der Waals surface area contributed by atoms with Crippen molar-refractivity contribution in [2.75, 3.05) is 18.4 Å². The van der Waals surface area contributed by atoms with E-state index in [9.17, 15) is 14.4 Å². The molecule has 1 aromatic heterocycles. The summed E-state index contributed by atoms with van der Waals surface area (Å²) < 4.78 is 5.22. The zero-order valence-electron chi connectivity index (χ0n) is 21.9. The number of aliphatic imine (C=N–C) groups is 1. The molecule has 0 aliphatic heterocycles. The zero-order chi connectivity index (χ0) is 27.9. The summed E-state index contributed by atoms with van der Waals surface area (Å²) in [6, 6.07) is 14.9. The van der Waals surface area contributed by atoms with Gasteiger partial charge >= 0.3 is 11.6 Å². The van der Waals surface area contributed by atoms with Gasteiger partial charge in [0.25, 0.3) is 5.91 Å². The minimum atomic E-state index is -1.08. The molecule has 0 aliphatic carbocycles. The van der Waals surface area contributed by atoms with Crippen LogP contribution in [0.2, 0.25) is 0 Å². The quantitative estimate of drug-likeness (QED) is 0.104. The van der Waals surface area contributed by atoms with Crippen LogP contribution in [0.5, 0.6) is 0 Å². The molecule has 0 saturated carbocycles. The predicted molar refractivity (Wildman–Crippen MR) is 150 cm³/mol. The summed E-state index contributed by atoms with van der Waals surface area (Å²) in [7, 11) is 0. The molecule has 10 heteroatoms. The van der Waals surface area contributed by atoms with Gasteiger partial charge in [0, 0.05) is 41.9 Å². The monoisotopic (exact) mass is 523 g/mol. The van der Waals surface area contributed by atoms with Crippen molar-refractivity contribution in [3.63, 3.8) is 0 Å². The second-order valence-corrected chi connectivity index (χ2v) is 8.77. The van der Waals surface area contributed by atoms with Crippen molar-refractivity contribution in [3.8, 4) is 0 Å². The summed E-state index contributed by atoms with van der Waals surface area (Å²) in [6.07, 6.45) is 4.32. The van der Waals surface area contributed by atoms with Crippen molar-refractivity contribution >= 4 is 34.5 Å². The number of carbonyl (C=O) groups excluding carboxylic acids is 1. The number of benzene rings is 2. The number of carboxylic acid groups (broad SMARTS) is 1. The van der Waals surface area contributed by atoms with Crippen molar-refractivity contribution in [3.05, 3.63) is 76.1 Å². The largest absolute Gasteiger partial charge is 0.480 e. The second-order valence-electron chi connectivity index (χ2n) is 8.77. The predicted octanol–water partition coefficient (Wildman–Crippen LogP) is 3.63. The number of hydrogen-bond acceptors (Lipinski definition) is 6. The van der Waals surface area contributed by atoms with Crippen molar-refractivity contribution < 1.29 is 19.1 Å². The van der Waals surface area contributed by atoms with Gasteiger partial charge < -0.3 is 31.6 Å². The number of hydrogen-bond donors (Lipinski definition) is 5. The summed E-state index contributed by atoms with van der Waals surface area (Å²) in [5.74, 6) is -1.54. The summed E-state index contributed by atoms with van der Waals surface area (Å²) >= 11 is 0. The van der Waals surface area contributed by atoms with E-state index >= 15 is 0 Å². The zero-order valence-corrected chi connectivity index (χ0v) is 21.9. The van der Waals surface area contributed by atoms with Crippen LogP contribution in [-0.4, -0.2) is 42.1 Å². The molecular weight excluding hydrogens is 486 g/mol. The average molecular weight is 524 g/mol. The molecule has 2 aromatic carbocycles. The molecule has 10 nitrogen and oxygen atoms in total. The van der Waals surface area contributed by atoms with Crippen LogP contribution in [0.3, 0.4) is 0 Å². The van der Waals surface area contributed by atoms with Crippen molar-refractivity contribution in [1.29, 1.82) is 0 Å². The molecule has 1 heterocycles. The Hall–Kier alpha value is -4.34. The van der Waals surface area contributed by atoms with E-state index in [1.54, 1.807) is 30.3 Å². The van der Waals surface area contributed by atoms with Gasteiger partial charge in [0.05, 0.1) is 0 Å². The van der Waals surface area contributed by atoms with E-state index in [1.165, 1.54) is 18.9 Å². The fraction of sp³-hybridized carbons (Fsp3) is 0.357. The first-order chi connectivity index (χ1) is 18.2. The Morgan fingerprint density at radius 1 is 1.05 bits per heavy atom. The molecule has 3 aromatic rings. The lowest BCUT2D eigenvalue weighted by molar-refractivity contribution is -0.139. The standard InChI is InChI=1S/C15H19NO2.C13H18N4O3/c1-3-4-5-8-16-12-6-7-13-11(2)9-15(17)18-14(13)10-12;14-13(15)16-8-4-7-10(12(19)20)17-11(18)9-5-2-1-3-6-9/h6-7,9-10,16H,3-5,8H2,1-2H3;1-3,5-6,10H,4,7-8H2,(H,17,18)(H,19,20)(H4,14,15,16). The Bertz CT molecular complexity index is 1270. The summed E-state index contributed by atoms with van der Waals surface area (Å²) in [4.78, 5) is 38.0. The fourth-order valence-corrected chi connectivity index (χ4v) is 3.63. The van der Waals surface area contributed by atoms with Gasteiger partial charge in [0.2, 0.25) is 0 Å². The van der Waals surface area contributed by atoms with Crippen molar-refractivity contribution in [2.24, 2.45) is 16.5 Å². The number of amides is 1. The topological polar surface area (TPSA) is 173 Å². The van der Waals surface area contributed by atoms with E-state index < -0.39 is 17.9 Å². The highest BCUT2D eigenvalue weighted by Gasteiger charge is 2.19. The van der Waals surface area contributed by atoms with E-state index in [0.29, 0.717) is 24.1 Å². The van der Waals surface area contributed by atoms with Crippen LogP contribution in [0.25, 0.3) is 11.0 Å². The molecule has 0 saturated heterocycles. The van der Waals surface area contributed by atoms with E-state index in [4.69, 9.17) is 21.0 Å². The lowest BCUT2D eigenvalue weighted by atomic mass is 10.1. The van der Waals surface area contributed by atoms with Crippen LogP contribution in [-0.2, 0) is 4.79 Å². The van der Waals surface area contributed by atoms with Gasteiger partial charge in [-0.3, -0.25) is 9.79 Å². The number of rotatable bonds is 12. The minimum absolute atomic E-state index is 0.0369. The number of aliphatic carboxylic acids is 1. The molecule has 0 radical (unpaired) electrons. The molecule has 1 amide bonds. The Morgan fingerprint density at radius 3 is 2.45 bits per heavy atom. The number of nitrogens with one attached hydrogen (secondary N) is 2. The van der Waals surface area contributed by atoms with E-state index in [-0.39, 0.29) is 18.0 Å². The number of nitrogens with two attached hydrogens (primary N) is 2. The fourth-order valence-electron chi connectivity index (χ4n) is 3.63. The van der Waals surface area contributed by atoms with Crippen LogP contribution >= 0.6 is 0 Å². The minimum Gasteiger partial charge on any atom is -0.480 e. The first-order valence-corrected chi connectivity index (χ1v) is 12.6. The highest BCUT2D eigenvalue weighted by molar-refractivity contribution is 5.96. The number of anilines is 1. The summed E-state index contributed by atoms with van der Waals surface area (Å²) in [5, 5.41) is 15.9. The Kier molecular flexibility index (Phi) is 12.4. The number of carboxylic acids is 1. The third-order valence-corrected chi connectivity index (χ3v) is 5.65. The number of nitrogens with zero attached hydrogens (tertiary/aromatic N) is 1. The van der Waals surface area contributed by atoms with Gasteiger partial charge in [-0.05, 0) is 56.0 Å². The number of aryl methyl sites for hydroxylation is 1. The number of guanidine groups is 1. The van der Waals surface area contributed by atoms with E-state index in [0.717, 1.165) is 29.6 Å². The summed E-state index contributed by atoms with van der Waals surface area (Å²) in [6.45, 7) is 5.39. The van der Waals surface area contributed by atoms with Gasteiger partial charge in [-0.2, -0.15) is 0 Å². The van der Waals surface area contributed by atoms with Gasteiger partial charge in [0.15, 0.2) is 5.96 Å². The van der Waals surface area contributed by atoms with Crippen LogP contribution in [0.1, 0.15) is 54.9 Å².